The number of aliphatic hydroxyl groups excluding tert-OH is 2. The van der Waals surface area contributed by atoms with Gasteiger partial charge < -0.3 is 14.9 Å². The van der Waals surface area contributed by atoms with Crippen LogP contribution in [0.4, 0.5) is 0 Å². The Bertz CT molecular complexity index is 286. The van der Waals surface area contributed by atoms with E-state index in [4.69, 9.17) is 9.84 Å². The third-order valence-electron chi connectivity index (χ3n) is 4.25. The minimum Gasteiger partial charge on any atom is -0.463 e. The van der Waals surface area contributed by atoms with Crippen molar-refractivity contribution >= 4 is 18.6 Å². The zero-order valence-corrected chi connectivity index (χ0v) is 15.8. The number of carbonyl (C=O) groups excluding carboxylic acids is 1. The van der Waals surface area contributed by atoms with E-state index in [9.17, 15) is 9.90 Å². The van der Waals surface area contributed by atoms with E-state index in [-0.39, 0.29) is 23.7 Å². The SMILES string of the molecule is CCCCCCCCCC(S)C(CC)CC(=O)OCC(O)CO. The number of hydrogen-bond donors (Lipinski definition) is 3. The topological polar surface area (TPSA) is 66.8 Å². The number of esters is 1. The Labute approximate surface area is 147 Å². The molecule has 0 aliphatic heterocycles. The number of aliphatic hydroxyl groups is 2. The fourth-order valence-electron chi connectivity index (χ4n) is 2.61. The highest BCUT2D eigenvalue weighted by Gasteiger charge is 2.20. The summed E-state index contributed by atoms with van der Waals surface area (Å²) in [5.74, 6) is -0.111. The maximum atomic E-state index is 11.8. The smallest absolute Gasteiger partial charge is 0.306 e. The summed E-state index contributed by atoms with van der Waals surface area (Å²) in [6.45, 7) is 3.76. The first kappa shape index (κ1) is 22.7. The number of carbonyl (C=O) groups is 1. The zero-order chi connectivity index (χ0) is 17.5. The van der Waals surface area contributed by atoms with E-state index < -0.39 is 12.7 Å². The highest BCUT2D eigenvalue weighted by atomic mass is 32.1. The molecule has 0 saturated carbocycles. The Morgan fingerprint density at radius 2 is 1.70 bits per heavy atom. The third kappa shape index (κ3) is 12.8. The maximum absolute atomic E-state index is 11.8. The fraction of sp³-hybridized carbons (Fsp3) is 0.944. The largest absolute Gasteiger partial charge is 0.463 e. The Morgan fingerprint density at radius 1 is 1.09 bits per heavy atom. The zero-order valence-electron chi connectivity index (χ0n) is 14.9. The number of thiol groups is 1. The van der Waals surface area contributed by atoms with E-state index in [0.29, 0.717) is 6.42 Å². The fourth-order valence-corrected chi connectivity index (χ4v) is 3.11. The van der Waals surface area contributed by atoms with Gasteiger partial charge in [-0.15, -0.1) is 0 Å². The Kier molecular flexibility index (Phi) is 15.1. The van der Waals surface area contributed by atoms with Crippen LogP contribution in [0.1, 0.15) is 78.1 Å². The van der Waals surface area contributed by atoms with Crippen molar-refractivity contribution in [3.63, 3.8) is 0 Å². The molecule has 0 aliphatic carbocycles. The molecule has 138 valence electrons. The van der Waals surface area contributed by atoms with Gasteiger partial charge in [-0.3, -0.25) is 4.79 Å². The van der Waals surface area contributed by atoms with E-state index in [1.54, 1.807) is 0 Å². The molecule has 0 heterocycles. The van der Waals surface area contributed by atoms with Crippen molar-refractivity contribution in [3.05, 3.63) is 0 Å². The van der Waals surface area contributed by atoms with E-state index >= 15 is 0 Å². The molecule has 4 nitrogen and oxygen atoms in total. The molecular formula is C18H36O4S. The lowest BCUT2D eigenvalue weighted by Crippen LogP contribution is -2.25. The van der Waals surface area contributed by atoms with Crippen LogP contribution in [0, 0.1) is 5.92 Å². The van der Waals surface area contributed by atoms with Gasteiger partial charge in [-0.05, 0) is 12.3 Å². The van der Waals surface area contributed by atoms with Crippen molar-refractivity contribution in [2.75, 3.05) is 13.2 Å². The molecule has 0 aliphatic rings. The molecule has 0 amide bonds. The van der Waals surface area contributed by atoms with Gasteiger partial charge in [0.05, 0.1) is 6.61 Å². The lowest BCUT2D eigenvalue weighted by molar-refractivity contribution is -0.148. The van der Waals surface area contributed by atoms with Crippen LogP contribution in [-0.4, -0.2) is 40.8 Å². The van der Waals surface area contributed by atoms with Crippen LogP contribution in [0.2, 0.25) is 0 Å². The molecule has 0 fully saturated rings. The lowest BCUT2D eigenvalue weighted by atomic mass is 9.94. The average molecular weight is 349 g/mol. The predicted octanol–water partition coefficient (Wildman–Crippen LogP) is 3.74. The number of ether oxygens (including phenoxy) is 1. The van der Waals surface area contributed by atoms with Gasteiger partial charge in [0, 0.05) is 11.7 Å². The van der Waals surface area contributed by atoms with Crippen LogP contribution >= 0.6 is 12.6 Å². The van der Waals surface area contributed by atoms with Crippen molar-refractivity contribution in [1.29, 1.82) is 0 Å². The highest BCUT2D eigenvalue weighted by molar-refractivity contribution is 7.81. The first-order chi connectivity index (χ1) is 11.0. The van der Waals surface area contributed by atoms with Crippen molar-refractivity contribution in [2.45, 2.75) is 89.4 Å². The molecule has 0 aromatic heterocycles. The molecule has 0 bridgehead atoms. The molecule has 5 heteroatoms. The van der Waals surface area contributed by atoms with Crippen LogP contribution in [-0.2, 0) is 9.53 Å². The number of unbranched alkanes of at least 4 members (excludes halogenated alkanes) is 6. The summed E-state index contributed by atoms with van der Waals surface area (Å²) < 4.78 is 4.97. The molecule has 3 unspecified atom stereocenters. The van der Waals surface area contributed by atoms with Gasteiger partial charge in [-0.2, -0.15) is 12.6 Å². The van der Waals surface area contributed by atoms with Crippen LogP contribution in [0.25, 0.3) is 0 Å². The molecule has 0 aromatic carbocycles. The summed E-state index contributed by atoms with van der Waals surface area (Å²) in [7, 11) is 0. The van der Waals surface area contributed by atoms with Crippen molar-refractivity contribution in [1.82, 2.24) is 0 Å². The molecule has 2 N–H and O–H groups in total. The number of rotatable bonds is 15. The van der Waals surface area contributed by atoms with E-state index in [1.165, 1.54) is 38.5 Å². The van der Waals surface area contributed by atoms with Gasteiger partial charge in [0.1, 0.15) is 12.7 Å². The quantitative estimate of drug-likeness (QED) is 0.240. The Balaban J connectivity index is 3.84. The summed E-state index contributed by atoms with van der Waals surface area (Å²) in [6.07, 6.45) is 10.2. The monoisotopic (exact) mass is 348 g/mol. The van der Waals surface area contributed by atoms with Gasteiger partial charge in [-0.1, -0.05) is 65.2 Å². The van der Waals surface area contributed by atoms with Crippen molar-refractivity contribution in [3.8, 4) is 0 Å². The molecule has 23 heavy (non-hydrogen) atoms. The van der Waals surface area contributed by atoms with E-state index in [2.05, 4.69) is 26.5 Å². The second-order valence-electron chi connectivity index (χ2n) is 6.37. The summed E-state index contributed by atoms with van der Waals surface area (Å²) in [6, 6.07) is 0. The molecule has 3 atom stereocenters. The normalized spacial score (nSPS) is 15.2. The van der Waals surface area contributed by atoms with E-state index in [1.807, 2.05) is 0 Å². The lowest BCUT2D eigenvalue weighted by Gasteiger charge is -2.21. The molecule has 0 aromatic rings. The second kappa shape index (κ2) is 15.3. The Hall–Kier alpha value is -0.260. The summed E-state index contributed by atoms with van der Waals surface area (Å²) >= 11 is 4.67. The van der Waals surface area contributed by atoms with Gasteiger partial charge >= 0.3 is 5.97 Å². The standard InChI is InChI=1S/C18H36O4S/c1-3-5-6-7-8-9-10-11-17(23)15(4-2)12-18(21)22-14-16(20)13-19/h15-17,19-20,23H,3-14H2,1-2H3. The van der Waals surface area contributed by atoms with E-state index in [0.717, 1.165) is 19.3 Å². The van der Waals surface area contributed by atoms with Gasteiger partial charge in [0.2, 0.25) is 0 Å². The van der Waals surface area contributed by atoms with Crippen LogP contribution < -0.4 is 0 Å². The average Bonchev–Trinajstić information content (AvgIpc) is 2.56. The minimum atomic E-state index is -0.987. The van der Waals surface area contributed by atoms with Crippen LogP contribution in [0.3, 0.4) is 0 Å². The minimum absolute atomic E-state index is 0.138. The van der Waals surface area contributed by atoms with Gasteiger partial charge in [-0.25, -0.2) is 0 Å². The maximum Gasteiger partial charge on any atom is 0.306 e. The summed E-state index contributed by atoms with van der Waals surface area (Å²) in [5.41, 5.74) is 0. The highest BCUT2D eigenvalue weighted by Crippen LogP contribution is 2.24. The van der Waals surface area contributed by atoms with Gasteiger partial charge in [0.15, 0.2) is 0 Å². The Morgan fingerprint density at radius 3 is 2.26 bits per heavy atom. The van der Waals surface area contributed by atoms with Gasteiger partial charge in [0.25, 0.3) is 0 Å². The molecule has 0 rings (SSSR count). The van der Waals surface area contributed by atoms with Crippen LogP contribution in [0.15, 0.2) is 0 Å². The first-order valence-electron chi connectivity index (χ1n) is 9.17. The molecular weight excluding hydrogens is 312 g/mol. The summed E-state index contributed by atoms with van der Waals surface area (Å²) in [5, 5.41) is 18.1. The molecule has 0 spiro atoms. The second-order valence-corrected chi connectivity index (χ2v) is 7.03. The first-order valence-corrected chi connectivity index (χ1v) is 9.69. The van der Waals surface area contributed by atoms with Crippen molar-refractivity contribution < 1.29 is 19.7 Å². The summed E-state index contributed by atoms with van der Waals surface area (Å²) in [4.78, 5) is 11.8. The van der Waals surface area contributed by atoms with Crippen molar-refractivity contribution in [2.24, 2.45) is 5.92 Å². The third-order valence-corrected chi connectivity index (χ3v) is 4.93. The number of hydrogen-bond acceptors (Lipinski definition) is 5. The van der Waals surface area contributed by atoms with Crippen LogP contribution in [0.5, 0.6) is 0 Å². The molecule has 0 saturated heterocycles. The molecule has 0 radical (unpaired) electrons. The predicted molar refractivity (Wildman–Crippen MR) is 97.8 cm³/mol.